The molecule has 1 rings (SSSR count). The monoisotopic (exact) mass is 249 g/mol. The summed E-state index contributed by atoms with van der Waals surface area (Å²) in [6.45, 7) is 0.945. The maximum absolute atomic E-state index is 11.9. The number of ketones is 1. The zero-order valence-electron chi connectivity index (χ0n) is 9.20. The summed E-state index contributed by atoms with van der Waals surface area (Å²) in [7, 11) is 0. The van der Waals surface area contributed by atoms with E-state index < -0.39 is 12.6 Å². The summed E-state index contributed by atoms with van der Waals surface area (Å²) in [5.41, 5.74) is 5.51. The SMILES string of the molecule is NCCn1cnc(C(=O)CCCC(F)(F)F)c1. The second kappa shape index (κ2) is 5.81. The average Bonchev–Trinajstić information content (AvgIpc) is 2.65. The number of halogens is 3. The fourth-order valence-corrected chi connectivity index (χ4v) is 1.35. The lowest BCUT2D eigenvalue weighted by Crippen LogP contribution is -2.09. The Hall–Kier alpha value is -1.37. The molecule has 0 aliphatic heterocycles. The van der Waals surface area contributed by atoms with E-state index in [1.165, 1.54) is 12.5 Å². The Balaban J connectivity index is 2.41. The summed E-state index contributed by atoms with van der Waals surface area (Å²) in [4.78, 5) is 15.3. The molecule has 0 spiro atoms. The number of alkyl halides is 3. The predicted molar refractivity (Wildman–Crippen MR) is 55.5 cm³/mol. The Labute approximate surface area is 96.6 Å². The molecule has 2 N–H and O–H groups in total. The van der Waals surface area contributed by atoms with Crippen LogP contribution in [0.1, 0.15) is 29.8 Å². The molecule has 96 valence electrons. The molecule has 0 atom stereocenters. The third-order valence-corrected chi connectivity index (χ3v) is 2.17. The zero-order valence-corrected chi connectivity index (χ0v) is 9.20. The number of imidazole rings is 1. The second-order valence-electron chi connectivity index (χ2n) is 3.68. The van der Waals surface area contributed by atoms with Gasteiger partial charge in [0.2, 0.25) is 0 Å². The van der Waals surface area contributed by atoms with Crippen LogP contribution >= 0.6 is 0 Å². The number of nitrogens with two attached hydrogens (primary N) is 1. The van der Waals surface area contributed by atoms with Crippen LogP contribution in [0.4, 0.5) is 13.2 Å². The first-order valence-electron chi connectivity index (χ1n) is 5.24. The van der Waals surface area contributed by atoms with Crippen LogP contribution in [0.5, 0.6) is 0 Å². The Kier molecular flexibility index (Phi) is 4.68. The second-order valence-corrected chi connectivity index (χ2v) is 3.68. The van der Waals surface area contributed by atoms with Gasteiger partial charge in [-0.2, -0.15) is 13.2 Å². The van der Waals surface area contributed by atoms with E-state index in [-0.39, 0.29) is 24.3 Å². The highest BCUT2D eigenvalue weighted by molar-refractivity contribution is 5.93. The quantitative estimate of drug-likeness (QED) is 0.781. The first-order chi connectivity index (χ1) is 7.92. The van der Waals surface area contributed by atoms with E-state index in [2.05, 4.69) is 4.98 Å². The Morgan fingerprint density at radius 1 is 1.47 bits per heavy atom. The normalized spacial score (nSPS) is 11.8. The van der Waals surface area contributed by atoms with Crippen molar-refractivity contribution in [3.05, 3.63) is 18.2 Å². The minimum Gasteiger partial charge on any atom is -0.335 e. The molecule has 1 heterocycles. The molecule has 1 aromatic heterocycles. The summed E-state index contributed by atoms with van der Waals surface area (Å²) >= 11 is 0. The van der Waals surface area contributed by atoms with Crippen molar-refractivity contribution in [2.75, 3.05) is 6.54 Å². The van der Waals surface area contributed by atoms with Gasteiger partial charge in [0.25, 0.3) is 0 Å². The number of aromatic nitrogens is 2. The average molecular weight is 249 g/mol. The first-order valence-corrected chi connectivity index (χ1v) is 5.24. The summed E-state index contributed by atoms with van der Waals surface area (Å²) in [5.74, 6) is -0.370. The molecular formula is C10H14F3N3O. The summed E-state index contributed by atoms with van der Waals surface area (Å²) in [5, 5.41) is 0. The van der Waals surface area contributed by atoms with Crippen molar-refractivity contribution < 1.29 is 18.0 Å². The lowest BCUT2D eigenvalue weighted by molar-refractivity contribution is -0.135. The topological polar surface area (TPSA) is 60.9 Å². The third kappa shape index (κ3) is 4.99. The highest BCUT2D eigenvalue weighted by atomic mass is 19.4. The fourth-order valence-electron chi connectivity index (χ4n) is 1.35. The molecule has 0 aromatic carbocycles. The molecule has 0 amide bonds. The van der Waals surface area contributed by atoms with Crippen molar-refractivity contribution in [3.8, 4) is 0 Å². The van der Waals surface area contributed by atoms with Crippen molar-refractivity contribution in [1.82, 2.24) is 9.55 Å². The van der Waals surface area contributed by atoms with Gasteiger partial charge in [-0.15, -0.1) is 0 Å². The first kappa shape index (κ1) is 13.7. The van der Waals surface area contributed by atoms with Gasteiger partial charge in [-0.1, -0.05) is 0 Å². The number of carbonyl (C=O) groups excluding carboxylic acids is 1. The fraction of sp³-hybridized carbons (Fsp3) is 0.600. The van der Waals surface area contributed by atoms with Gasteiger partial charge >= 0.3 is 6.18 Å². The van der Waals surface area contributed by atoms with Crippen LogP contribution in [-0.2, 0) is 6.54 Å². The minimum atomic E-state index is -4.21. The highest BCUT2D eigenvalue weighted by Crippen LogP contribution is 2.22. The molecule has 0 saturated heterocycles. The Morgan fingerprint density at radius 3 is 2.76 bits per heavy atom. The van der Waals surface area contributed by atoms with E-state index in [9.17, 15) is 18.0 Å². The number of hydrogen-bond acceptors (Lipinski definition) is 3. The third-order valence-electron chi connectivity index (χ3n) is 2.17. The molecule has 0 bridgehead atoms. The van der Waals surface area contributed by atoms with Crippen LogP contribution < -0.4 is 5.73 Å². The van der Waals surface area contributed by atoms with Gasteiger partial charge in [0.15, 0.2) is 5.78 Å². The van der Waals surface area contributed by atoms with Gasteiger partial charge in [-0.05, 0) is 6.42 Å². The number of nitrogens with zero attached hydrogens (tertiary/aromatic N) is 2. The van der Waals surface area contributed by atoms with E-state index in [4.69, 9.17) is 5.73 Å². The molecule has 0 saturated carbocycles. The largest absolute Gasteiger partial charge is 0.389 e. The predicted octanol–water partition coefficient (Wildman–Crippen LogP) is 1.76. The van der Waals surface area contributed by atoms with E-state index in [0.29, 0.717) is 13.1 Å². The lowest BCUT2D eigenvalue weighted by atomic mass is 10.1. The van der Waals surface area contributed by atoms with E-state index in [0.717, 1.165) is 0 Å². The number of hydrogen-bond donors (Lipinski definition) is 1. The molecule has 4 nitrogen and oxygen atoms in total. The summed E-state index contributed by atoms with van der Waals surface area (Å²) in [6, 6.07) is 0. The Bertz CT molecular complexity index is 373. The number of rotatable bonds is 6. The van der Waals surface area contributed by atoms with Crippen LogP contribution in [0.2, 0.25) is 0 Å². The van der Waals surface area contributed by atoms with Crippen LogP contribution in [0, 0.1) is 0 Å². The van der Waals surface area contributed by atoms with Crippen molar-refractivity contribution in [3.63, 3.8) is 0 Å². The molecule has 0 aliphatic carbocycles. The van der Waals surface area contributed by atoms with Gasteiger partial charge in [0.1, 0.15) is 5.69 Å². The Morgan fingerprint density at radius 2 is 2.18 bits per heavy atom. The van der Waals surface area contributed by atoms with Crippen molar-refractivity contribution in [2.45, 2.75) is 32.0 Å². The smallest absolute Gasteiger partial charge is 0.335 e. The highest BCUT2D eigenvalue weighted by Gasteiger charge is 2.26. The number of Topliss-reactive ketones (excluding diaryl/α,β-unsaturated/α-hetero) is 1. The molecule has 0 aliphatic rings. The molecule has 17 heavy (non-hydrogen) atoms. The van der Waals surface area contributed by atoms with E-state index >= 15 is 0 Å². The van der Waals surface area contributed by atoms with E-state index in [1.54, 1.807) is 4.57 Å². The maximum atomic E-state index is 11.9. The summed E-state index contributed by atoms with van der Waals surface area (Å²) < 4.78 is 37.2. The molecule has 0 radical (unpaired) electrons. The number of carbonyl (C=O) groups is 1. The van der Waals surface area contributed by atoms with Crippen LogP contribution in [0.25, 0.3) is 0 Å². The maximum Gasteiger partial charge on any atom is 0.389 e. The van der Waals surface area contributed by atoms with E-state index in [1.807, 2.05) is 0 Å². The zero-order chi connectivity index (χ0) is 12.9. The van der Waals surface area contributed by atoms with Crippen LogP contribution in [0.3, 0.4) is 0 Å². The molecular weight excluding hydrogens is 235 g/mol. The van der Waals surface area contributed by atoms with Gasteiger partial charge in [-0.25, -0.2) is 4.98 Å². The molecule has 7 heteroatoms. The van der Waals surface area contributed by atoms with Crippen LogP contribution in [-0.4, -0.2) is 28.1 Å². The van der Waals surface area contributed by atoms with Gasteiger partial charge in [-0.3, -0.25) is 4.79 Å². The molecule has 0 unspecified atom stereocenters. The standard InChI is InChI=1S/C10H14F3N3O/c11-10(12,13)3-1-2-9(17)8-6-16(5-4-14)7-15-8/h6-7H,1-5,14H2. The summed E-state index contributed by atoms with van der Waals surface area (Å²) in [6.07, 6.45) is -2.54. The molecule has 0 fully saturated rings. The van der Waals surface area contributed by atoms with Gasteiger partial charge < -0.3 is 10.3 Å². The van der Waals surface area contributed by atoms with Gasteiger partial charge in [0, 0.05) is 32.1 Å². The van der Waals surface area contributed by atoms with Crippen molar-refractivity contribution in [2.24, 2.45) is 5.73 Å². The van der Waals surface area contributed by atoms with Gasteiger partial charge in [0.05, 0.1) is 6.33 Å². The molecule has 1 aromatic rings. The van der Waals surface area contributed by atoms with Crippen molar-refractivity contribution in [1.29, 1.82) is 0 Å². The van der Waals surface area contributed by atoms with Crippen LogP contribution in [0.15, 0.2) is 12.5 Å². The minimum absolute atomic E-state index is 0.140. The van der Waals surface area contributed by atoms with Crippen molar-refractivity contribution >= 4 is 5.78 Å². The lowest BCUT2D eigenvalue weighted by Gasteiger charge is -2.04.